The summed E-state index contributed by atoms with van der Waals surface area (Å²) in [5, 5.41) is 2.85. The normalized spacial score (nSPS) is 15.7. The van der Waals surface area contributed by atoms with Gasteiger partial charge in [0.15, 0.2) is 5.78 Å². The van der Waals surface area contributed by atoms with Crippen LogP contribution in [0, 0.1) is 6.92 Å². The Morgan fingerprint density at radius 2 is 1.00 bits per heavy atom. The van der Waals surface area contributed by atoms with Crippen molar-refractivity contribution in [1.82, 2.24) is 0 Å². The average molecular weight is 847 g/mol. The third-order valence-electron chi connectivity index (χ3n) is 9.03. The fraction of sp³-hybridized carbons (Fsp3) is 0.111. The van der Waals surface area contributed by atoms with Crippen molar-refractivity contribution in [2.75, 3.05) is 14.7 Å². The Hall–Kier alpha value is -6.27. The molecule has 0 saturated heterocycles. The molecule has 1 N–H and O–H groups in total. The Morgan fingerprint density at radius 3 is 1.55 bits per heavy atom. The number of nitrogens with one attached hydrogen (secondary N) is 1. The minimum atomic E-state index is -3.18. The molecule has 0 saturated carbocycles. The van der Waals surface area contributed by atoms with Crippen molar-refractivity contribution in [1.29, 1.82) is 0 Å². The Labute approximate surface area is 322 Å². The van der Waals surface area contributed by atoms with Crippen LogP contribution < -0.4 is 42.7 Å². The number of Topliss-reactive ketones (excluding diaryl/α,β-unsaturated/α-hetero) is 1. The summed E-state index contributed by atoms with van der Waals surface area (Å²) in [5.41, 5.74) is 3.02. The second-order valence-corrected chi connectivity index (χ2v) is 22.2. The number of halogens is 1. The molecule has 0 radical (unpaired) electrons. The number of ketones is 1. The number of carbonyl (C=O) groups excluding carboxylic acids is 4. The molecule has 6 aromatic rings. The first-order valence-electron chi connectivity index (χ1n) is 17.4. The van der Waals surface area contributed by atoms with Crippen LogP contribution in [0.2, 0.25) is 0 Å². The molecule has 1 unspecified atom stereocenters. The van der Waals surface area contributed by atoms with E-state index in [2.05, 4.69) is 5.32 Å². The van der Waals surface area contributed by atoms with E-state index in [4.69, 9.17) is 18.9 Å². The molecule has 0 bridgehead atoms. The van der Waals surface area contributed by atoms with E-state index in [1.807, 2.05) is 61.2 Å². The quantitative estimate of drug-likeness (QED) is 0.0577. The molecule has 55 heavy (non-hydrogen) atoms. The van der Waals surface area contributed by atoms with Crippen molar-refractivity contribution in [2.45, 2.75) is 20.8 Å². The standard InChI is InChI=1S/C45H37INO8/c1-5-46(4)43(49)39-23-21-38(27-42(39)44(46)50)55-34-19-17-33(18-20-34)54-37-22-24-40(41(26-37)29(3)48)45(51)47-30-11-15-32(16-12-30)53-36-8-6-7-35(25-36)52-31-13-9-28(2)10-14-31/h6-27H,5H2,1-4H3,(H,47,51)/q-1. The number of hydrogen-bond acceptors (Lipinski definition) is 8. The van der Waals surface area contributed by atoms with Crippen LogP contribution in [0.25, 0.3) is 0 Å². The Kier molecular flexibility index (Phi) is 10.5. The number of anilines is 1. The first kappa shape index (κ1) is 37.1. The van der Waals surface area contributed by atoms with Crippen molar-refractivity contribution in [3.8, 4) is 46.0 Å². The van der Waals surface area contributed by atoms with Crippen LogP contribution in [0.3, 0.4) is 0 Å². The molecule has 10 heteroatoms. The number of fused-ring (bicyclic) bond motifs is 1. The van der Waals surface area contributed by atoms with Crippen molar-refractivity contribution in [3.63, 3.8) is 0 Å². The van der Waals surface area contributed by atoms with Crippen LogP contribution in [0.15, 0.2) is 133 Å². The summed E-state index contributed by atoms with van der Waals surface area (Å²) >= 11 is -3.18. The van der Waals surface area contributed by atoms with Gasteiger partial charge in [0.1, 0.15) is 23.0 Å². The van der Waals surface area contributed by atoms with Gasteiger partial charge in [0.2, 0.25) is 0 Å². The number of aryl methyl sites for hydroxylation is 1. The summed E-state index contributed by atoms with van der Waals surface area (Å²) in [6.45, 7) is 5.32. The predicted octanol–water partition coefficient (Wildman–Crippen LogP) is 7.72. The molecule has 1 amide bonds. The summed E-state index contributed by atoms with van der Waals surface area (Å²) in [6, 6.07) is 38.6. The van der Waals surface area contributed by atoms with Crippen LogP contribution in [-0.4, -0.2) is 28.6 Å². The fourth-order valence-electron chi connectivity index (χ4n) is 5.90. The van der Waals surface area contributed by atoms with Gasteiger partial charge in [0.05, 0.1) is 5.56 Å². The zero-order valence-corrected chi connectivity index (χ0v) is 32.7. The van der Waals surface area contributed by atoms with Crippen LogP contribution >= 0.6 is 0 Å². The Morgan fingerprint density at radius 1 is 0.545 bits per heavy atom. The van der Waals surface area contributed by atoms with Gasteiger partial charge in [-0.1, -0.05) is 23.8 Å². The second-order valence-electron chi connectivity index (χ2n) is 12.9. The topological polar surface area (TPSA) is 117 Å². The van der Waals surface area contributed by atoms with Gasteiger partial charge in [-0.25, -0.2) is 0 Å². The fourth-order valence-corrected chi connectivity index (χ4v) is 11.2. The maximum atomic E-state index is 13.3. The third-order valence-corrected chi connectivity index (χ3v) is 17.6. The van der Waals surface area contributed by atoms with Crippen LogP contribution in [0.4, 0.5) is 5.69 Å². The zero-order chi connectivity index (χ0) is 38.7. The van der Waals surface area contributed by atoms with E-state index in [0.29, 0.717) is 61.5 Å². The van der Waals surface area contributed by atoms with Gasteiger partial charge in [-0.2, -0.15) is 0 Å². The maximum absolute atomic E-state index is 13.3. The molecular formula is C45H37INO8-. The first-order chi connectivity index (χ1) is 26.5. The van der Waals surface area contributed by atoms with Gasteiger partial charge in [-0.3, -0.25) is 9.59 Å². The summed E-state index contributed by atoms with van der Waals surface area (Å²) in [6.07, 6.45) is 0. The molecule has 1 aliphatic rings. The van der Waals surface area contributed by atoms with E-state index in [1.54, 1.807) is 84.9 Å². The molecule has 7 rings (SSSR count). The van der Waals surface area contributed by atoms with E-state index in [-0.39, 0.29) is 24.5 Å². The molecule has 0 fully saturated rings. The Bertz CT molecular complexity index is 2440. The van der Waals surface area contributed by atoms with Crippen LogP contribution in [0.1, 0.15) is 60.8 Å². The molecule has 278 valence electrons. The molecule has 6 aromatic carbocycles. The number of carbonyl (C=O) groups is 4. The van der Waals surface area contributed by atoms with Crippen molar-refractivity contribution >= 4 is 25.0 Å². The third kappa shape index (κ3) is 8.14. The molecule has 0 aromatic heterocycles. The monoisotopic (exact) mass is 846 g/mol. The molecule has 1 aliphatic heterocycles. The van der Waals surface area contributed by atoms with Crippen LogP contribution in [-0.2, 0) is 0 Å². The van der Waals surface area contributed by atoms with E-state index < -0.39 is 24.3 Å². The van der Waals surface area contributed by atoms with Gasteiger partial charge >= 0.3 is 150 Å². The number of rotatable bonds is 12. The molecular weight excluding hydrogens is 809 g/mol. The molecule has 0 spiro atoms. The molecule has 1 atom stereocenters. The molecule has 9 nitrogen and oxygen atoms in total. The summed E-state index contributed by atoms with van der Waals surface area (Å²) in [5.74, 6) is 3.60. The van der Waals surface area contributed by atoms with Gasteiger partial charge in [0.25, 0.3) is 5.91 Å². The summed E-state index contributed by atoms with van der Waals surface area (Å²) in [4.78, 5) is 53.7. The molecule has 0 aliphatic carbocycles. The van der Waals surface area contributed by atoms with Gasteiger partial charge in [-0.05, 0) is 68.4 Å². The predicted molar refractivity (Wildman–Crippen MR) is 207 cm³/mol. The van der Waals surface area contributed by atoms with Crippen molar-refractivity contribution in [2.24, 2.45) is 0 Å². The number of ether oxygens (including phenoxy) is 4. The Balaban J connectivity index is 0.966. The number of alkyl halides is 2. The van der Waals surface area contributed by atoms with E-state index in [9.17, 15) is 19.2 Å². The zero-order valence-electron chi connectivity index (χ0n) is 30.6. The summed E-state index contributed by atoms with van der Waals surface area (Å²) < 4.78 is 24.6. The van der Waals surface area contributed by atoms with Gasteiger partial charge in [-0.15, -0.1) is 0 Å². The van der Waals surface area contributed by atoms with E-state index in [1.165, 1.54) is 13.0 Å². The van der Waals surface area contributed by atoms with Crippen LogP contribution in [0.5, 0.6) is 46.0 Å². The minimum absolute atomic E-state index is 0.0135. The second kappa shape index (κ2) is 15.6. The number of benzene rings is 6. The summed E-state index contributed by atoms with van der Waals surface area (Å²) in [7, 11) is 0. The van der Waals surface area contributed by atoms with Gasteiger partial charge in [0, 0.05) is 17.3 Å². The number of amides is 1. The molecule has 1 heterocycles. The van der Waals surface area contributed by atoms with E-state index in [0.717, 1.165) is 11.3 Å². The van der Waals surface area contributed by atoms with Crippen molar-refractivity contribution in [3.05, 3.63) is 161 Å². The first-order valence-corrected chi connectivity index (χ1v) is 23.3. The van der Waals surface area contributed by atoms with Gasteiger partial charge < -0.3 is 14.8 Å². The average Bonchev–Trinajstić information content (AvgIpc) is 3.37. The van der Waals surface area contributed by atoms with E-state index >= 15 is 0 Å². The van der Waals surface area contributed by atoms with Crippen molar-refractivity contribution < 1.29 is 56.6 Å². The SMILES string of the molecule is CC[I-]1(C)C(=O)c2ccc(Oc3ccc(Oc4ccc(C(=O)Nc5ccc(Oc6cccc(Oc7ccc(C)cc7)c6)cc5)c(C(C)=O)c4)cc3)cc2C1=O. The number of hydrogen-bond donors (Lipinski definition) is 1.